The van der Waals surface area contributed by atoms with Crippen LogP contribution in [0.25, 0.3) is 33.4 Å². The number of hydrogen-bond donors (Lipinski definition) is 1. The second-order valence-electron chi connectivity index (χ2n) is 7.46. The van der Waals surface area contributed by atoms with E-state index in [0.717, 1.165) is 28.3 Å². The van der Waals surface area contributed by atoms with Crippen LogP contribution in [-0.4, -0.2) is 15.9 Å². The highest BCUT2D eigenvalue weighted by molar-refractivity contribution is 7.14. The zero-order chi connectivity index (χ0) is 22.9. The Kier molecular flexibility index (Phi) is 5.40. The Morgan fingerprint density at radius 2 is 1.70 bits per heavy atom. The number of halogens is 2. The van der Waals surface area contributed by atoms with E-state index in [9.17, 15) is 13.6 Å². The Bertz CT molecular complexity index is 1500. The van der Waals surface area contributed by atoms with Crippen molar-refractivity contribution in [3.05, 3.63) is 101 Å². The van der Waals surface area contributed by atoms with Gasteiger partial charge >= 0.3 is 0 Å². The predicted molar refractivity (Wildman–Crippen MR) is 127 cm³/mol. The molecular formula is C26H17F2N3OS. The van der Waals surface area contributed by atoms with Crippen LogP contribution in [0.3, 0.4) is 0 Å². The van der Waals surface area contributed by atoms with Gasteiger partial charge in [-0.05, 0) is 30.7 Å². The highest BCUT2D eigenvalue weighted by Crippen LogP contribution is 2.32. The van der Waals surface area contributed by atoms with Crippen LogP contribution in [-0.2, 0) is 0 Å². The van der Waals surface area contributed by atoms with Gasteiger partial charge in [0.05, 0.1) is 22.5 Å². The summed E-state index contributed by atoms with van der Waals surface area (Å²) in [6, 6.07) is 20.5. The number of carbonyl (C=O) groups excluding carboxylic acids is 1. The molecule has 0 aliphatic rings. The first kappa shape index (κ1) is 20.9. The minimum atomic E-state index is -0.707. The Hall–Kier alpha value is -3.97. The van der Waals surface area contributed by atoms with Crippen molar-refractivity contribution >= 4 is 33.3 Å². The molecule has 3 aromatic carbocycles. The number of thiazole rings is 1. The smallest absolute Gasteiger partial charge is 0.258 e. The molecule has 0 bridgehead atoms. The summed E-state index contributed by atoms with van der Waals surface area (Å²) in [5.41, 5.74) is 4.10. The number of nitrogens with one attached hydrogen (secondary N) is 1. The van der Waals surface area contributed by atoms with Crippen molar-refractivity contribution < 1.29 is 13.6 Å². The average Bonchev–Trinajstić information content (AvgIpc) is 3.27. The van der Waals surface area contributed by atoms with Gasteiger partial charge in [0.1, 0.15) is 11.6 Å². The summed E-state index contributed by atoms with van der Waals surface area (Å²) >= 11 is 1.17. The number of rotatable bonds is 4. The first-order valence-electron chi connectivity index (χ1n) is 10.2. The summed E-state index contributed by atoms with van der Waals surface area (Å²) < 4.78 is 27.4. The van der Waals surface area contributed by atoms with Gasteiger partial charge in [0.15, 0.2) is 5.13 Å². The lowest BCUT2D eigenvalue weighted by Crippen LogP contribution is -2.15. The van der Waals surface area contributed by atoms with E-state index in [-0.39, 0.29) is 11.5 Å². The van der Waals surface area contributed by atoms with Crippen molar-refractivity contribution in [2.75, 3.05) is 5.32 Å². The van der Waals surface area contributed by atoms with Gasteiger partial charge in [0, 0.05) is 28.0 Å². The van der Waals surface area contributed by atoms with Gasteiger partial charge in [0.25, 0.3) is 5.91 Å². The van der Waals surface area contributed by atoms with Gasteiger partial charge in [0.2, 0.25) is 0 Å². The number of carbonyl (C=O) groups is 1. The van der Waals surface area contributed by atoms with Crippen molar-refractivity contribution in [2.45, 2.75) is 6.92 Å². The van der Waals surface area contributed by atoms with E-state index in [1.807, 2.05) is 61.5 Å². The molecule has 2 aromatic heterocycles. The van der Waals surface area contributed by atoms with Gasteiger partial charge < -0.3 is 0 Å². The molecule has 0 fully saturated rings. The summed E-state index contributed by atoms with van der Waals surface area (Å²) in [7, 11) is 0. The third kappa shape index (κ3) is 3.99. The fraction of sp³-hybridized carbons (Fsp3) is 0.0385. The molecular weight excluding hydrogens is 440 g/mol. The number of anilines is 1. The van der Waals surface area contributed by atoms with Crippen molar-refractivity contribution in [3.8, 4) is 22.5 Å². The highest BCUT2D eigenvalue weighted by atomic mass is 32.1. The molecule has 0 aliphatic carbocycles. The average molecular weight is 458 g/mol. The van der Waals surface area contributed by atoms with Crippen LogP contribution in [0.4, 0.5) is 13.9 Å². The standard InChI is InChI=1S/C26H17F2N3OS/c1-15-23(19-9-5-6-10-21(19)29-24(15)16-7-3-2-4-8-16)25(32)31-26-30-22(14-33-26)18-12-11-17(27)13-20(18)28/h2-14H,1H3,(H,30,31,32). The molecule has 0 saturated carbocycles. The fourth-order valence-electron chi connectivity index (χ4n) is 3.79. The normalized spacial score (nSPS) is 11.0. The highest BCUT2D eigenvalue weighted by Gasteiger charge is 2.20. The van der Waals surface area contributed by atoms with Crippen LogP contribution < -0.4 is 5.32 Å². The van der Waals surface area contributed by atoms with Crippen LogP contribution in [0.15, 0.2) is 78.2 Å². The second-order valence-corrected chi connectivity index (χ2v) is 8.32. The largest absolute Gasteiger partial charge is 0.298 e. The molecule has 0 aliphatic heterocycles. The quantitative estimate of drug-likeness (QED) is 0.321. The number of para-hydroxylation sites is 1. The fourth-order valence-corrected chi connectivity index (χ4v) is 4.49. The number of amides is 1. The first-order chi connectivity index (χ1) is 16.0. The van der Waals surface area contributed by atoms with E-state index in [2.05, 4.69) is 10.3 Å². The van der Waals surface area contributed by atoms with E-state index >= 15 is 0 Å². The summed E-state index contributed by atoms with van der Waals surface area (Å²) in [5.74, 6) is -1.69. The van der Waals surface area contributed by atoms with E-state index in [1.165, 1.54) is 23.5 Å². The minimum absolute atomic E-state index is 0.171. The summed E-state index contributed by atoms with van der Waals surface area (Å²) in [6.45, 7) is 1.87. The van der Waals surface area contributed by atoms with Crippen LogP contribution >= 0.6 is 11.3 Å². The van der Waals surface area contributed by atoms with Gasteiger partial charge in [-0.15, -0.1) is 11.3 Å². The Morgan fingerprint density at radius 1 is 0.939 bits per heavy atom. The molecule has 33 heavy (non-hydrogen) atoms. The topological polar surface area (TPSA) is 54.9 Å². The zero-order valence-electron chi connectivity index (χ0n) is 17.5. The van der Waals surface area contributed by atoms with Gasteiger partial charge in [-0.2, -0.15) is 0 Å². The van der Waals surface area contributed by atoms with Gasteiger partial charge in [-0.25, -0.2) is 18.7 Å². The second kappa shape index (κ2) is 8.52. The third-order valence-corrected chi connectivity index (χ3v) is 6.10. The summed E-state index contributed by atoms with van der Waals surface area (Å²) in [5, 5.41) is 5.51. The summed E-state index contributed by atoms with van der Waals surface area (Å²) in [4.78, 5) is 22.5. The molecule has 7 heteroatoms. The number of fused-ring (bicyclic) bond motifs is 1. The Labute approximate surface area is 192 Å². The lowest BCUT2D eigenvalue weighted by atomic mass is 9.97. The van der Waals surface area contributed by atoms with E-state index < -0.39 is 11.6 Å². The van der Waals surface area contributed by atoms with Crippen LogP contribution in [0.5, 0.6) is 0 Å². The first-order valence-corrected chi connectivity index (χ1v) is 11.1. The predicted octanol–water partition coefficient (Wildman–Crippen LogP) is 6.86. The maximum Gasteiger partial charge on any atom is 0.258 e. The number of pyridine rings is 1. The van der Waals surface area contributed by atoms with E-state index in [4.69, 9.17) is 4.98 Å². The van der Waals surface area contributed by atoms with E-state index in [0.29, 0.717) is 21.9 Å². The van der Waals surface area contributed by atoms with Crippen LogP contribution in [0.1, 0.15) is 15.9 Å². The monoisotopic (exact) mass is 457 g/mol. The molecule has 0 unspecified atom stereocenters. The molecule has 0 saturated heterocycles. The van der Waals surface area contributed by atoms with Gasteiger partial charge in [-0.1, -0.05) is 48.5 Å². The molecule has 5 rings (SSSR count). The molecule has 0 radical (unpaired) electrons. The number of benzene rings is 3. The number of aromatic nitrogens is 2. The zero-order valence-corrected chi connectivity index (χ0v) is 18.3. The molecule has 5 aromatic rings. The Balaban J connectivity index is 1.54. The maximum atomic E-state index is 14.1. The van der Waals surface area contributed by atoms with Crippen LogP contribution in [0.2, 0.25) is 0 Å². The maximum absolute atomic E-state index is 14.1. The molecule has 0 atom stereocenters. The number of hydrogen-bond acceptors (Lipinski definition) is 4. The van der Waals surface area contributed by atoms with Gasteiger partial charge in [-0.3, -0.25) is 10.1 Å². The van der Waals surface area contributed by atoms with E-state index in [1.54, 1.807) is 5.38 Å². The lowest BCUT2D eigenvalue weighted by Gasteiger charge is -2.14. The molecule has 2 heterocycles. The van der Waals surface area contributed by atoms with Crippen molar-refractivity contribution in [1.82, 2.24) is 9.97 Å². The van der Waals surface area contributed by atoms with Crippen molar-refractivity contribution in [3.63, 3.8) is 0 Å². The molecule has 162 valence electrons. The third-order valence-electron chi connectivity index (χ3n) is 5.34. The summed E-state index contributed by atoms with van der Waals surface area (Å²) in [6.07, 6.45) is 0. The lowest BCUT2D eigenvalue weighted by molar-refractivity contribution is 0.102. The SMILES string of the molecule is Cc1c(-c2ccccc2)nc2ccccc2c1C(=O)Nc1nc(-c2ccc(F)cc2F)cs1. The minimum Gasteiger partial charge on any atom is -0.298 e. The molecule has 4 nitrogen and oxygen atoms in total. The molecule has 1 amide bonds. The molecule has 1 N–H and O–H groups in total. The molecule has 0 spiro atoms. The van der Waals surface area contributed by atoms with Crippen molar-refractivity contribution in [2.24, 2.45) is 0 Å². The van der Waals surface area contributed by atoms with Crippen LogP contribution in [0, 0.1) is 18.6 Å². The van der Waals surface area contributed by atoms with Crippen molar-refractivity contribution in [1.29, 1.82) is 0 Å². The number of nitrogens with zero attached hydrogens (tertiary/aromatic N) is 2. The Morgan fingerprint density at radius 3 is 2.48 bits per heavy atom.